The molecule has 2 bridgehead atoms. The molecule has 6 heterocycles. The van der Waals surface area contributed by atoms with Crippen molar-refractivity contribution in [3.63, 3.8) is 0 Å². The van der Waals surface area contributed by atoms with Gasteiger partial charge in [-0.3, -0.25) is 14.0 Å². The smallest absolute Gasteiger partial charge is 0.332 e. The molecule has 0 aliphatic carbocycles. The number of fused-ring (bicyclic) bond motifs is 2. The number of likely N-dealkylation sites (tertiary alicyclic amines) is 1. The number of anilines is 2. The zero-order valence-electron chi connectivity index (χ0n) is 19.3. The third-order valence-corrected chi connectivity index (χ3v) is 9.07. The van der Waals surface area contributed by atoms with E-state index in [1.54, 1.807) is 34.1 Å². The number of hydrogen-bond acceptors (Lipinski definition) is 11. The minimum absolute atomic E-state index is 0.0199. The number of halogens is 3. The average Bonchev–Trinajstić information content (AvgIpc) is 3.71. The lowest BCUT2D eigenvalue weighted by Gasteiger charge is -2.26. The summed E-state index contributed by atoms with van der Waals surface area (Å²) in [6.45, 7) is 0.688. The van der Waals surface area contributed by atoms with E-state index < -0.39 is 22.9 Å². The van der Waals surface area contributed by atoms with Gasteiger partial charge in [0.25, 0.3) is 5.91 Å². The Balaban J connectivity index is 1.23. The maximum atomic E-state index is 13.0. The second-order valence-corrected chi connectivity index (χ2v) is 11.6. The van der Waals surface area contributed by atoms with Crippen LogP contribution in [0, 0.1) is 0 Å². The Labute approximate surface area is 219 Å². The number of carbonyl (C=O) groups excluding carboxylic acids is 1. The normalized spacial score (nSPS) is 20.7. The highest BCUT2D eigenvalue weighted by molar-refractivity contribution is 7.86. The summed E-state index contributed by atoms with van der Waals surface area (Å²) >= 11 is 1.18. The van der Waals surface area contributed by atoms with Crippen molar-refractivity contribution in [1.29, 1.82) is 0 Å². The molecule has 2 aliphatic rings. The van der Waals surface area contributed by atoms with E-state index in [1.165, 1.54) is 29.9 Å². The molecular weight excluding hydrogens is 545 g/mol. The molecule has 0 aromatic carbocycles. The Morgan fingerprint density at radius 3 is 2.68 bits per heavy atom. The molecule has 2 fully saturated rings. The lowest BCUT2D eigenvalue weighted by atomic mass is 10.2. The van der Waals surface area contributed by atoms with Gasteiger partial charge in [0, 0.05) is 46.4 Å². The second kappa shape index (κ2) is 9.50. The lowest BCUT2D eigenvalue weighted by Crippen LogP contribution is -2.42. The average molecular weight is 563 g/mol. The molecule has 0 spiro atoms. The maximum Gasteiger partial charge on any atom is 0.471 e. The van der Waals surface area contributed by atoms with Gasteiger partial charge in [-0.15, -0.1) is 21.5 Å². The Bertz CT molecular complexity index is 1500. The van der Waals surface area contributed by atoms with Crippen molar-refractivity contribution in [3.8, 4) is 10.7 Å². The largest absolute Gasteiger partial charge is 0.471 e. The van der Waals surface area contributed by atoms with E-state index in [0.29, 0.717) is 28.8 Å². The molecule has 1 unspecified atom stereocenters. The van der Waals surface area contributed by atoms with Gasteiger partial charge in [0.1, 0.15) is 0 Å². The van der Waals surface area contributed by atoms with Crippen LogP contribution in [0.4, 0.5) is 24.8 Å². The minimum Gasteiger partial charge on any atom is -0.332 e. The van der Waals surface area contributed by atoms with Gasteiger partial charge in [0.05, 0.1) is 22.9 Å². The van der Waals surface area contributed by atoms with E-state index >= 15 is 0 Å². The molecule has 3 atom stereocenters. The van der Waals surface area contributed by atoms with E-state index in [-0.39, 0.29) is 35.3 Å². The molecule has 16 heteroatoms. The fraction of sp³-hybridized carbons (Fsp3) is 0.318. The minimum atomic E-state index is -4.73. The Kier molecular flexibility index (Phi) is 6.14. The summed E-state index contributed by atoms with van der Waals surface area (Å²) in [5, 5.41) is 11.9. The molecule has 38 heavy (non-hydrogen) atoms. The molecule has 4 aromatic rings. The van der Waals surface area contributed by atoms with Gasteiger partial charge in [-0.1, -0.05) is 5.16 Å². The first kappa shape index (κ1) is 24.5. The van der Waals surface area contributed by atoms with Gasteiger partial charge < -0.3 is 14.3 Å². The predicted molar refractivity (Wildman–Crippen MR) is 129 cm³/mol. The summed E-state index contributed by atoms with van der Waals surface area (Å²) in [6.07, 6.45) is 0.578. The molecule has 2 aliphatic heterocycles. The predicted octanol–water partition coefficient (Wildman–Crippen LogP) is 3.08. The quantitative estimate of drug-likeness (QED) is 0.345. The van der Waals surface area contributed by atoms with E-state index in [2.05, 4.69) is 34.8 Å². The fourth-order valence-electron chi connectivity index (χ4n) is 4.41. The van der Waals surface area contributed by atoms with Crippen LogP contribution in [0.15, 0.2) is 47.4 Å². The Hall–Kier alpha value is -3.79. The van der Waals surface area contributed by atoms with E-state index in [4.69, 9.17) is 0 Å². The summed E-state index contributed by atoms with van der Waals surface area (Å²) < 4.78 is 54.8. The third-order valence-electron chi connectivity index (χ3n) is 6.20. The number of alkyl halides is 3. The van der Waals surface area contributed by atoms with Crippen LogP contribution in [-0.2, 0) is 23.5 Å². The number of nitrogens with zero attached hydrogens (tertiary/aromatic N) is 8. The molecule has 0 radical (unpaired) electrons. The van der Waals surface area contributed by atoms with Gasteiger partial charge in [-0.05, 0) is 30.7 Å². The van der Waals surface area contributed by atoms with E-state index in [9.17, 15) is 22.2 Å². The van der Waals surface area contributed by atoms with E-state index in [1.807, 2.05) is 0 Å². The van der Waals surface area contributed by atoms with Crippen molar-refractivity contribution in [3.05, 3.63) is 59.3 Å². The Morgan fingerprint density at radius 1 is 1.18 bits per heavy atom. The molecule has 0 saturated carbocycles. The molecular formula is C22H17F3N8O3S2. The van der Waals surface area contributed by atoms with Crippen molar-refractivity contribution in [2.45, 2.75) is 30.4 Å². The van der Waals surface area contributed by atoms with Crippen LogP contribution < -0.4 is 4.90 Å². The lowest BCUT2D eigenvalue weighted by molar-refractivity contribution is -0.159. The second-order valence-electron chi connectivity index (χ2n) is 8.63. The standard InChI is InChI=1S/C22H17F3N8O3S2/c23-22(24,25)21-28-19(31-36-21)16-3-1-13(37-16)9-33(18-8-26-5-6-27-18)17-4-2-15(29-30-17)20(34)32-10-14-7-12(32)11-38(14)35/h1-6,8,12,14H,7,9-11H2/t12-,14-,38?/m0/s1. The van der Waals surface area contributed by atoms with Crippen LogP contribution in [-0.4, -0.2) is 68.9 Å². The van der Waals surface area contributed by atoms with Crippen molar-refractivity contribution in [2.75, 3.05) is 17.2 Å². The summed E-state index contributed by atoms with van der Waals surface area (Å²) in [7, 11) is -0.880. The number of aromatic nitrogens is 6. The van der Waals surface area contributed by atoms with Gasteiger partial charge in [0.15, 0.2) is 17.3 Å². The highest BCUT2D eigenvalue weighted by Crippen LogP contribution is 2.34. The van der Waals surface area contributed by atoms with Crippen molar-refractivity contribution < 1.29 is 26.7 Å². The van der Waals surface area contributed by atoms with E-state index in [0.717, 1.165) is 11.3 Å². The van der Waals surface area contributed by atoms with Crippen LogP contribution in [0.5, 0.6) is 0 Å². The van der Waals surface area contributed by atoms with Gasteiger partial charge in [-0.2, -0.15) is 18.2 Å². The number of thiophene rings is 1. The van der Waals surface area contributed by atoms with Crippen LogP contribution in [0.25, 0.3) is 10.7 Å². The first-order chi connectivity index (χ1) is 18.3. The molecule has 4 aromatic heterocycles. The molecule has 6 rings (SSSR count). The SMILES string of the molecule is O=C(c1ccc(N(Cc2ccc(-c3noc(C(F)(F)F)n3)s2)c2cnccn2)nn1)N1C[C@@H]2C[C@H]1CS2=O. The molecule has 2 saturated heterocycles. The zero-order chi connectivity index (χ0) is 26.4. The van der Waals surface area contributed by atoms with Crippen molar-refractivity contribution in [1.82, 2.24) is 35.2 Å². The van der Waals surface area contributed by atoms with Gasteiger partial charge in [-0.25, -0.2) is 4.98 Å². The highest BCUT2D eigenvalue weighted by Gasteiger charge is 2.45. The number of hydrogen-bond donors (Lipinski definition) is 0. The highest BCUT2D eigenvalue weighted by atomic mass is 32.2. The molecule has 11 nitrogen and oxygen atoms in total. The van der Waals surface area contributed by atoms with Crippen molar-refractivity contribution >= 4 is 39.7 Å². The van der Waals surface area contributed by atoms with Gasteiger partial charge in [0.2, 0.25) is 5.82 Å². The van der Waals surface area contributed by atoms with Crippen LogP contribution in [0.1, 0.15) is 27.7 Å². The van der Waals surface area contributed by atoms with Crippen LogP contribution in [0.3, 0.4) is 0 Å². The number of carbonyl (C=O) groups is 1. The van der Waals surface area contributed by atoms with Gasteiger partial charge >= 0.3 is 12.1 Å². The van der Waals surface area contributed by atoms with Crippen LogP contribution >= 0.6 is 11.3 Å². The first-order valence-corrected chi connectivity index (χ1v) is 13.5. The summed E-state index contributed by atoms with van der Waals surface area (Å²) in [5.74, 6) is -0.494. The van der Waals surface area contributed by atoms with Crippen molar-refractivity contribution in [2.24, 2.45) is 0 Å². The zero-order valence-corrected chi connectivity index (χ0v) is 20.9. The third kappa shape index (κ3) is 4.64. The summed E-state index contributed by atoms with van der Waals surface area (Å²) in [5.41, 5.74) is 0.183. The number of amides is 1. The molecule has 1 amide bonds. The topological polar surface area (TPSA) is 131 Å². The molecule has 0 N–H and O–H groups in total. The monoisotopic (exact) mass is 562 g/mol. The number of rotatable bonds is 6. The maximum absolute atomic E-state index is 13.0. The summed E-state index contributed by atoms with van der Waals surface area (Å²) in [4.78, 5) is 29.4. The molecule has 196 valence electrons. The fourth-order valence-corrected chi connectivity index (χ4v) is 7.07. The first-order valence-electron chi connectivity index (χ1n) is 11.3. The van der Waals surface area contributed by atoms with Crippen LogP contribution in [0.2, 0.25) is 0 Å². The Morgan fingerprint density at radius 2 is 2.05 bits per heavy atom. The summed E-state index contributed by atoms with van der Waals surface area (Å²) in [6, 6.07) is 6.51.